The zero-order valence-electron chi connectivity index (χ0n) is 9.76. The zero-order chi connectivity index (χ0) is 10.8. The quantitative estimate of drug-likeness (QED) is 0.347. The number of ether oxygens (including phenoxy) is 3. The van der Waals surface area contributed by atoms with Crippen molar-refractivity contribution in [3.8, 4) is 0 Å². The van der Waals surface area contributed by atoms with E-state index >= 15 is 0 Å². The van der Waals surface area contributed by atoms with Crippen LogP contribution in [0, 0.1) is 0 Å². The normalized spacial score (nSPS) is 13.7. The Balaban J connectivity index is 3.36. The second kappa shape index (κ2) is 9.39. The lowest BCUT2D eigenvalue weighted by Gasteiger charge is -2.07. The van der Waals surface area contributed by atoms with Crippen LogP contribution in [0.15, 0.2) is 10.8 Å². The molecule has 0 rings (SSSR count). The third-order valence-corrected chi connectivity index (χ3v) is 3.84. The number of hydrogen-bond donors (Lipinski definition) is 0. The van der Waals surface area contributed by atoms with Gasteiger partial charge in [-0.1, -0.05) is 17.3 Å². The van der Waals surface area contributed by atoms with E-state index in [-0.39, 0.29) is 9.52 Å². The summed E-state index contributed by atoms with van der Waals surface area (Å²) in [5.74, 6) is 0. The van der Waals surface area contributed by atoms with Gasteiger partial charge in [0.05, 0.1) is 19.8 Å². The van der Waals surface area contributed by atoms with Gasteiger partial charge in [-0.25, -0.2) is 0 Å². The fourth-order valence-corrected chi connectivity index (χ4v) is 1.59. The predicted octanol–water partition coefficient (Wildman–Crippen LogP) is 1.13. The van der Waals surface area contributed by atoms with E-state index in [9.17, 15) is 0 Å². The van der Waals surface area contributed by atoms with E-state index in [0.717, 1.165) is 0 Å². The molecule has 0 atom stereocenters. The minimum Gasteiger partial charge on any atom is -0.382 e. The molecular formula is C10H22O3Si. The van der Waals surface area contributed by atoms with Gasteiger partial charge in [0.2, 0.25) is 0 Å². The van der Waals surface area contributed by atoms with Gasteiger partial charge in [0, 0.05) is 16.6 Å². The van der Waals surface area contributed by atoms with Crippen LogP contribution in [0.2, 0.25) is 6.55 Å². The van der Waals surface area contributed by atoms with Crippen molar-refractivity contribution < 1.29 is 14.2 Å². The van der Waals surface area contributed by atoms with Gasteiger partial charge in [-0.05, 0) is 13.8 Å². The van der Waals surface area contributed by atoms with Gasteiger partial charge >= 0.3 is 0 Å². The number of allylic oxidation sites excluding steroid dienone is 1. The SMILES string of the molecule is COCCOCOC/C(C)=C(\C)[SiH2]C. The van der Waals surface area contributed by atoms with Gasteiger partial charge in [-0.15, -0.1) is 0 Å². The van der Waals surface area contributed by atoms with E-state index in [1.807, 2.05) is 0 Å². The van der Waals surface area contributed by atoms with Crippen LogP contribution in [-0.4, -0.2) is 43.2 Å². The summed E-state index contributed by atoms with van der Waals surface area (Å²) in [6.07, 6.45) is 0. The van der Waals surface area contributed by atoms with Crippen molar-refractivity contribution in [3.05, 3.63) is 10.8 Å². The molecule has 0 radical (unpaired) electrons. The van der Waals surface area contributed by atoms with Crippen molar-refractivity contribution in [3.63, 3.8) is 0 Å². The summed E-state index contributed by atoms with van der Waals surface area (Å²) >= 11 is 0. The third-order valence-electron chi connectivity index (χ3n) is 2.18. The molecule has 0 bridgehead atoms. The van der Waals surface area contributed by atoms with Crippen molar-refractivity contribution in [1.29, 1.82) is 0 Å². The van der Waals surface area contributed by atoms with E-state index < -0.39 is 0 Å². The average Bonchev–Trinajstić information content (AvgIpc) is 2.21. The maximum absolute atomic E-state index is 5.35. The highest BCUT2D eigenvalue weighted by Gasteiger charge is 1.95. The largest absolute Gasteiger partial charge is 0.382 e. The van der Waals surface area contributed by atoms with E-state index in [1.165, 1.54) is 10.8 Å². The van der Waals surface area contributed by atoms with Crippen molar-refractivity contribution >= 4 is 9.52 Å². The van der Waals surface area contributed by atoms with Gasteiger partial charge < -0.3 is 14.2 Å². The van der Waals surface area contributed by atoms with Crippen LogP contribution in [0.5, 0.6) is 0 Å². The molecule has 0 aromatic rings. The first-order valence-corrected chi connectivity index (χ1v) is 7.14. The van der Waals surface area contributed by atoms with E-state index in [4.69, 9.17) is 14.2 Å². The number of methoxy groups -OCH3 is 1. The molecular weight excluding hydrogens is 196 g/mol. The van der Waals surface area contributed by atoms with E-state index in [1.54, 1.807) is 7.11 Å². The molecule has 0 unspecified atom stereocenters. The van der Waals surface area contributed by atoms with Crippen molar-refractivity contribution in [2.75, 3.05) is 33.7 Å². The Kier molecular flexibility index (Phi) is 9.28. The molecule has 0 heterocycles. The van der Waals surface area contributed by atoms with E-state index in [2.05, 4.69) is 20.4 Å². The highest BCUT2D eigenvalue weighted by atomic mass is 28.2. The first kappa shape index (κ1) is 13.8. The van der Waals surface area contributed by atoms with Gasteiger partial charge in [0.15, 0.2) is 0 Å². The van der Waals surface area contributed by atoms with Crippen molar-refractivity contribution in [2.24, 2.45) is 0 Å². The first-order valence-electron chi connectivity index (χ1n) is 5.02. The summed E-state index contributed by atoms with van der Waals surface area (Å²) < 4.78 is 15.4. The summed E-state index contributed by atoms with van der Waals surface area (Å²) in [5, 5.41) is 1.53. The fourth-order valence-electron chi connectivity index (χ4n) is 0.880. The summed E-state index contributed by atoms with van der Waals surface area (Å²) in [4.78, 5) is 0. The van der Waals surface area contributed by atoms with E-state index in [0.29, 0.717) is 26.6 Å². The minimum absolute atomic E-state index is 0.0179. The average molecular weight is 218 g/mol. The highest BCUT2D eigenvalue weighted by Crippen LogP contribution is 2.01. The molecule has 0 aromatic carbocycles. The molecule has 0 saturated heterocycles. The molecule has 0 aromatic heterocycles. The maximum atomic E-state index is 5.35. The number of rotatable bonds is 8. The second-order valence-corrected chi connectivity index (χ2v) is 5.05. The van der Waals surface area contributed by atoms with Gasteiger partial charge in [0.25, 0.3) is 0 Å². The minimum atomic E-state index is -0.0179. The third kappa shape index (κ3) is 7.26. The molecule has 0 aliphatic carbocycles. The van der Waals surface area contributed by atoms with Crippen molar-refractivity contribution in [2.45, 2.75) is 20.4 Å². The smallest absolute Gasteiger partial charge is 0.147 e. The Bertz CT molecular complexity index is 169. The summed E-state index contributed by atoms with van der Waals surface area (Å²) in [7, 11) is 1.64. The molecule has 0 fully saturated rings. The lowest BCUT2D eigenvalue weighted by atomic mass is 10.3. The van der Waals surface area contributed by atoms with Crippen LogP contribution in [0.25, 0.3) is 0 Å². The molecule has 0 saturated carbocycles. The summed E-state index contributed by atoms with van der Waals surface area (Å²) in [6.45, 7) is 8.88. The standard InChI is InChI=1S/C10H22O3Si/c1-9(10(2)14-4)7-13-8-12-6-5-11-3/h5-8,14H2,1-4H3/b10-9+. The van der Waals surface area contributed by atoms with Gasteiger partial charge in [-0.3, -0.25) is 0 Å². The van der Waals surface area contributed by atoms with Gasteiger partial charge in [0.1, 0.15) is 6.79 Å². The van der Waals surface area contributed by atoms with Crippen molar-refractivity contribution in [1.82, 2.24) is 0 Å². The zero-order valence-corrected chi connectivity index (χ0v) is 11.2. The molecule has 0 aliphatic rings. The molecule has 0 amide bonds. The van der Waals surface area contributed by atoms with Gasteiger partial charge in [-0.2, -0.15) is 0 Å². The Morgan fingerprint density at radius 1 is 1.14 bits per heavy atom. The fraction of sp³-hybridized carbons (Fsp3) is 0.800. The Labute approximate surface area is 89.2 Å². The molecule has 14 heavy (non-hydrogen) atoms. The predicted molar refractivity (Wildman–Crippen MR) is 61.4 cm³/mol. The Hall–Kier alpha value is -0.163. The molecule has 3 nitrogen and oxygen atoms in total. The molecule has 0 N–H and O–H groups in total. The summed E-state index contributed by atoms with van der Waals surface area (Å²) in [5.41, 5.74) is 1.36. The van der Waals surface area contributed by atoms with Crippen LogP contribution in [0.4, 0.5) is 0 Å². The first-order chi connectivity index (χ1) is 6.72. The van der Waals surface area contributed by atoms with Crippen LogP contribution in [0.1, 0.15) is 13.8 Å². The number of hydrogen-bond acceptors (Lipinski definition) is 3. The summed E-state index contributed by atoms with van der Waals surface area (Å²) in [6, 6.07) is 0. The maximum Gasteiger partial charge on any atom is 0.147 e. The highest BCUT2D eigenvalue weighted by molar-refractivity contribution is 6.43. The Morgan fingerprint density at radius 2 is 1.86 bits per heavy atom. The van der Waals surface area contributed by atoms with Crippen LogP contribution in [-0.2, 0) is 14.2 Å². The molecule has 0 spiro atoms. The van der Waals surface area contributed by atoms with Crippen LogP contribution in [0.3, 0.4) is 0 Å². The lowest BCUT2D eigenvalue weighted by molar-refractivity contribution is -0.0589. The molecule has 0 aliphatic heterocycles. The molecule has 84 valence electrons. The molecule has 4 heteroatoms. The lowest BCUT2D eigenvalue weighted by Crippen LogP contribution is -2.08. The van der Waals surface area contributed by atoms with Crippen LogP contribution >= 0.6 is 0 Å². The Morgan fingerprint density at radius 3 is 2.43 bits per heavy atom. The van der Waals surface area contributed by atoms with Crippen LogP contribution < -0.4 is 0 Å². The topological polar surface area (TPSA) is 27.7 Å². The monoisotopic (exact) mass is 218 g/mol. The second-order valence-electron chi connectivity index (χ2n) is 3.28.